The molecule has 0 aliphatic heterocycles. The minimum Gasteiger partial charge on any atom is -0.462 e. The summed E-state index contributed by atoms with van der Waals surface area (Å²) in [6.45, 7) is 3.32. The number of hydrogen-bond donors (Lipinski definition) is 0. The van der Waals surface area contributed by atoms with Crippen molar-refractivity contribution < 1.29 is 14.3 Å². The summed E-state index contributed by atoms with van der Waals surface area (Å²) in [6.07, 6.45) is 30.2. The predicted octanol–water partition coefficient (Wildman–Crippen LogP) is 8.20. The van der Waals surface area contributed by atoms with E-state index in [0.717, 1.165) is 96.3 Å². The summed E-state index contributed by atoms with van der Waals surface area (Å²) in [6, 6.07) is 0. The number of carbonyl (C=O) groups excluding carboxylic acids is 2. The lowest BCUT2D eigenvalue weighted by molar-refractivity contribution is -0.150. The van der Waals surface area contributed by atoms with Crippen LogP contribution in [-0.4, -0.2) is 43.9 Å². The predicted molar refractivity (Wildman–Crippen MR) is 146 cm³/mol. The number of allylic oxidation sites excluding steroid dienone is 4. The summed E-state index contributed by atoms with van der Waals surface area (Å²) >= 11 is 0. The Kier molecular flexibility index (Phi) is 25.1. The zero-order valence-corrected chi connectivity index (χ0v) is 22.8. The van der Waals surface area contributed by atoms with Gasteiger partial charge in [0.15, 0.2) is 0 Å². The third-order valence-electron chi connectivity index (χ3n) is 6.08. The van der Waals surface area contributed by atoms with Crippen LogP contribution in [0.4, 0.5) is 0 Å². The molecule has 0 N–H and O–H groups in total. The molecule has 0 heterocycles. The maximum absolute atomic E-state index is 12.4. The van der Waals surface area contributed by atoms with E-state index < -0.39 is 0 Å². The van der Waals surface area contributed by atoms with Gasteiger partial charge in [0.25, 0.3) is 0 Å². The summed E-state index contributed by atoms with van der Waals surface area (Å²) in [5.74, 6) is -0.0137. The third-order valence-corrected chi connectivity index (χ3v) is 6.08. The number of nitrogens with zero attached hydrogens (tertiary/aromatic N) is 1. The van der Waals surface area contributed by atoms with Crippen molar-refractivity contribution in [2.24, 2.45) is 0 Å². The van der Waals surface area contributed by atoms with Crippen LogP contribution in [0.3, 0.4) is 0 Å². The van der Waals surface area contributed by atoms with E-state index in [1.165, 1.54) is 25.7 Å². The fourth-order valence-electron chi connectivity index (χ4n) is 3.95. The van der Waals surface area contributed by atoms with Crippen LogP contribution >= 0.6 is 0 Å². The van der Waals surface area contributed by atoms with E-state index in [9.17, 15) is 9.59 Å². The smallest absolute Gasteiger partial charge is 0.306 e. The van der Waals surface area contributed by atoms with Crippen molar-refractivity contribution >= 4 is 12.3 Å². The van der Waals surface area contributed by atoms with Crippen molar-refractivity contribution in [3.8, 4) is 0 Å². The molecule has 34 heavy (non-hydrogen) atoms. The van der Waals surface area contributed by atoms with Crippen LogP contribution in [0.2, 0.25) is 0 Å². The van der Waals surface area contributed by atoms with Gasteiger partial charge in [-0.05, 0) is 111 Å². The molecule has 4 nitrogen and oxygen atoms in total. The molecule has 0 saturated heterocycles. The maximum Gasteiger partial charge on any atom is 0.306 e. The van der Waals surface area contributed by atoms with Crippen LogP contribution < -0.4 is 0 Å². The fraction of sp³-hybridized carbons (Fsp3) is 0.800. The number of ether oxygens (including phenoxy) is 1. The van der Waals surface area contributed by atoms with Gasteiger partial charge in [-0.1, -0.05) is 50.5 Å². The average molecular weight is 478 g/mol. The van der Waals surface area contributed by atoms with Crippen molar-refractivity contribution in [1.82, 2.24) is 4.90 Å². The first-order chi connectivity index (χ1) is 16.6. The lowest BCUT2D eigenvalue weighted by Gasteiger charge is -2.18. The van der Waals surface area contributed by atoms with Gasteiger partial charge in [-0.2, -0.15) is 0 Å². The summed E-state index contributed by atoms with van der Waals surface area (Å²) in [5, 5.41) is 0. The Morgan fingerprint density at radius 2 is 1.26 bits per heavy atom. The average Bonchev–Trinajstić information content (AvgIpc) is 2.81. The van der Waals surface area contributed by atoms with Crippen LogP contribution in [0.5, 0.6) is 0 Å². The van der Waals surface area contributed by atoms with E-state index in [1.807, 2.05) is 0 Å². The first-order valence-electron chi connectivity index (χ1n) is 14.2. The summed E-state index contributed by atoms with van der Waals surface area (Å²) in [5.41, 5.74) is 0. The fourth-order valence-corrected chi connectivity index (χ4v) is 3.95. The van der Waals surface area contributed by atoms with Gasteiger partial charge in [-0.3, -0.25) is 4.79 Å². The molecule has 1 atom stereocenters. The number of esters is 1. The van der Waals surface area contributed by atoms with Gasteiger partial charge < -0.3 is 14.4 Å². The molecule has 0 fully saturated rings. The summed E-state index contributed by atoms with van der Waals surface area (Å²) in [4.78, 5) is 24.9. The quantitative estimate of drug-likeness (QED) is 0.0575. The second-order valence-corrected chi connectivity index (χ2v) is 9.83. The highest BCUT2D eigenvalue weighted by Crippen LogP contribution is 2.16. The molecule has 0 bridgehead atoms. The van der Waals surface area contributed by atoms with Crippen LogP contribution in [0.15, 0.2) is 24.3 Å². The topological polar surface area (TPSA) is 46.6 Å². The number of carbonyl (C=O) groups is 2. The van der Waals surface area contributed by atoms with Crippen LogP contribution in [0.1, 0.15) is 129 Å². The van der Waals surface area contributed by atoms with Gasteiger partial charge >= 0.3 is 5.97 Å². The van der Waals surface area contributed by atoms with E-state index in [-0.39, 0.29) is 12.1 Å². The van der Waals surface area contributed by atoms with Crippen molar-refractivity contribution in [3.05, 3.63) is 24.3 Å². The normalized spacial score (nSPS) is 12.7. The summed E-state index contributed by atoms with van der Waals surface area (Å²) in [7, 11) is 4.18. The van der Waals surface area contributed by atoms with E-state index in [0.29, 0.717) is 12.8 Å². The van der Waals surface area contributed by atoms with Gasteiger partial charge in [0.05, 0.1) is 0 Å². The van der Waals surface area contributed by atoms with Crippen LogP contribution in [0, 0.1) is 0 Å². The first-order valence-corrected chi connectivity index (χ1v) is 14.2. The molecule has 0 saturated carbocycles. The van der Waals surface area contributed by atoms with Gasteiger partial charge in [-0.25, -0.2) is 0 Å². The van der Waals surface area contributed by atoms with Gasteiger partial charge in [0, 0.05) is 12.8 Å². The monoisotopic (exact) mass is 477 g/mol. The largest absolute Gasteiger partial charge is 0.462 e. The second-order valence-electron chi connectivity index (χ2n) is 9.83. The molecular formula is C30H55NO3. The van der Waals surface area contributed by atoms with Crippen molar-refractivity contribution in [2.45, 2.75) is 135 Å². The maximum atomic E-state index is 12.4. The van der Waals surface area contributed by atoms with Gasteiger partial charge in [-0.15, -0.1) is 0 Å². The molecule has 0 aromatic rings. The lowest BCUT2D eigenvalue weighted by Crippen LogP contribution is -2.18. The number of rotatable bonds is 25. The Bertz CT molecular complexity index is 513. The standard InChI is InChI=1S/C30H55NO3/c1-4-5-6-7-8-12-15-19-24-29(34-30(33)26-21-18-22-27-31(2)3)25-20-16-13-10-9-11-14-17-23-28-32/h8-10,12,28-29H,4-7,11,13-27H2,1-3H3/b10-9-,12-8-. The molecule has 0 radical (unpaired) electrons. The highest BCUT2D eigenvalue weighted by molar-refractivity contribution is 5.69. The van der Waals surface area contributed by atoms with Crippen molar-refractivity contribution in [2.75, 3.05) is 20.6 Å². The van der Waals surface area contributed by atoms with Gasteiger partial charge in [0.2, 0.25) is 0 Å². The minimum absolute atomic E-state index is 0.0137. The Balaban J connectivity index is 4.19. The Morgan fingerprint density at radius 3 is 1.88 bits per heavy atom. The number of hydrogen-bond acceptors (Lipinski definition) is 4. The highest BCUT2D eigenvalue weighted by Gasteiger charge is 2.14. The minimum atomic E-state index is -0.0137. The molecule has 0 spiro atoms. The number of aldehydes is 1. The molecule has 0 aliphatic carbocycles. The highest BCUT2D eigenvalue weighted by atomic mass is 16.5. The molecule has 4 heteroatoms. The summed E-state index contributed by atoms with van der Waals surface area (Å²) < 4.78 is 5.90. The molecule has 1 unspecified atom stereocenters. The molecule has 198 valence electrons. The first kappa shape index (κ1) is 32.6. The van der Waals surface area contributed by atoms with E-state index in [1.54, 1.807) is 0 Å². The van der Waals surface area contributed by atoms with E-state index in [4.69, 9.17) is 4.74 Å². The van der Waals surface area contributed by atoms with Crippen molar-refractivity contribution in [3.63, 3.8) is 0 Å². The van der Waals surface area contributed by atoms with E-state index in [2.05, 4.69) is 50.2 Å². The SMILES string of the molecule is CCCCC/C=C\CCCC(CCCC/C=C\CCCCC=O)OC(=O)CCCCCN(C)C. The zero-order chi connectivity index (χ0) is 25.1. The lowest BCUT2D eigenvalue weighted by atomic mass is 10.0. The molecule has 0 aromatic heterocycles. The molecule has 0 aliphatic rings. The Morgan fingerprint density at radius 1 is 0.706 bits per heavy atom. The number of unbranched alkanes of at least 4 members (excludes halogenated alkanes) is 11. The molecular weight excluding hydrogens is 422 g/mol. The van der Waals surface area contributed by atoms with Crippen LogP contribution in [0.25, 0.3) is 0 Å². The Labute approximate surface area is 211 Å². The van der Waals surface area contributed by atoms with Crippen molar-refractivity contribution in [1.29, 1.82) is 0 Å². The molecule has 0 rings (SSSR count). The zero-order valence-electron chi connectivity index (χ0n) is 22.8. The van der Waals surface area contributed by atoms with Gasteiger partial charge in [0.1, 0.15) is 12.4 Å². The Hall–Kier alpha value is -1.42. The third kappa shape index (κ3) is 25.2. The second kappa shape index (κ2) is 26.2. The van der Waals surface area contributed by atoms with E-state index >= 15 is 0 Å². The molecule has 0 aromatic carbocycles. The van der Waals surface area contributed by atoms with Crippen LogP contribution in [-0.2, 0) is 14.3 Å². The molecule has 0 amide bonds.